The number of hydrogen-bond donors (Lipinski definition) is 3. The van der Waals surface area contributed by atoms with Crippen LogP contribution in [0.3, 0.4) is 0 Å². The van der Waals surface area contributed by atoms with Gasteiger partial charge < -0.3 is 35.2 Å². The van der Waals surface area contributed by atoms with Crippen LogP contribution in [-0.4, -0.2) is 90.2 Å². The van der Waals surface area contributed by atoms with E-state index in [0.29, 0.717) is 25.2 Å². The summed E-state index contributed by atoms with van der Waals surface area (Å²) in [5.41, 5.74) is 1.56. The van der Waals surface area contributed by atoms with Crippen molar-refractivity contribution in [2.75, 3.05) is 20.2 Å². The summed E-state index contributed by atoms with van der Waals surface area (Å²) in [6, 6.07) is 0.709. The van der Waals surface area contributed by atoms with E-state index in [4.69, 9.17) is 14.3 Å². The molecule has 0 bridgehead atoms. The molecule has 13 nitrogen and oxygen atoms in total. The van der Waals surface area contributed by atoms with E-state index in [1.54, 1.807) is 0 Å². The molecule has 4 atom stereocenters. The number of ether oxygens (including phenoxy) is 2. The second kappa shape index (κ2) is 16.9. The van der Waals surface area contributed by atoms with Gasteiger partial charge in [0.15, 0.2) is 5.60 Å². The molecule has 51 heavy (non-hydrogen) atoms. The van der Waals surface area contributed by atoms with Gasteiger partial charge in [-0.1, -0.05) is 67.0 Å². The Morgan fingerprint density at radius 2 is 1.63 bits per heavy atom. The Balaban J connectivity index is 1.99. The topological polar surface area (TPSA) is 165 Å². The standard InChI is InChI=1S/C38H59N5O8/c1-13-15-26(29(44)34(46)39-12)40-33(45)28-19-38(18-27(42-51-38)25-16-23(7)31(49-14-2)24(8)17-25)20-43(28)35(47)32(37(9,10)11)41-36(48)50-30(21(3)4)22(5)6/h16-17,21-22,26,28,30,32H,13-15,18-20H2,1-12H3,(H,39,46)(H,40,45)(H,41,48)/t26-,28-,32+,38+/m0/s1. The summed E-state index contributed by atoms with van der Waals surface area (Å²) in [6.45, 7) is 21.6. The van der Waals surface area contributed by atoms with Crippen LogP contribution in [0.1, 0.15) is 105 Å². The lowest BCUT2D eigenvalue weighted by molar-refractivity contribution is -0.144. The van der Waals surface area contributed by atoms with E-state index in [9.17, 15) is 24.0 Å². The second-order valence-electron chi connectivity index (χ2n) is 15.6. The van der Waals surface area contributed by atoms with Crippen LogP contribution in [-0.2, 0) is 28.8 Å². The van der Waals surface area contributed by atoms with E-state index in [1.807, 2.05) is 88.3 Å². The van der Waals surface area contributed by atoms with Crippen LogP contribution < -0.4 is 20.7 Å². The van der Waals surface area contributed by atoms with Gasteiger partial charge in [-0.05, 0) is 67.7 Å². The van der Waals surface area contributed by atoms with E-state index in [0.717, 1.165) is 22.4 Å². The van der Waals surface area contributed by atoms with Gasteiger partial charge in [0, 0.05) is 25.5 Å². The number of nitrogens with zero attached hydrogens (tertiary/aromatic N) is 2. The van der Waals surface area contributed by atoms with Crippen LogP contribution in [0.5, 0.6) is 5.75 Å². The first-order valence-corrected chi connectivity index (χ1v) is 18.1. The molecule has 2 aliphatic rings. The molecule has 1 fully saturated rings. The Morgan fingerprint density at radius 3 is 2.14 bits per heavy atom. The quantitative estimate of drug-likeness (QED) is 0.236. The molecule has 0 aromatic heterocycles. The molecule has 1 aromatic rings. The van der Waals surface area contributed by atoms with E-state index in [-0.39, 0.29) is 37.3 Å². The number of benzene rings is 1. The number of ketones is 1. The number of amides is 4. The van der Waals surface area contributed by atoms with Gasteiger partial charge in [0.25, 0.3) is 5.91 Å². The zero-order valence-electron chi connectivity index (χ0n) is 32.5. The molecule has 1 saturated heterocycles. The van der Waals surface area contributed by atoms with E-state index >= 15 is 0 Å². The van der Waals surface area contributed by atoms with Gasteiger partial charge in [-0.15, -0.1) is 0 Å². The number of carbonyl (C=O) groups excluding carboxylic acids is 5. The predicted octanol–water partition coefficient (Wildman–Crippen LogP) is 4.59. The van der Waals surface area contributed by atoms with Crippen molar-refractivity contribution in [2.24, 2.45) is 22.4 Å². The normalized spacial score (nSPS) is 19.9. The number of likely N-dealkylation sites (N-methyl/N-ethyl adjacent to an activating group) is 1. The first kappa shape index (κ1) is 41.3. The number of likely N-dealkylation sites (tertiary alicyclic amines) is 1. The average Bonchev–Trinajstić information content (AvgIpc) is 3.65. The molecule has 0 radical (unpaired) electrons. The zero-order valence-corrected chi connectivity index (χ0v) is 32.5. The summed E-state index contributed by atoms with van der Waals surface area (Å²) >= 11 is 0. The highest BCUT2D eigenvalue weighted by Crippen LogP contribution is 2.41. The fourth-order valence-electron chi connectivity index (χ4n) is 7.01. The summed E-state index contributed by atoms with van der Waals surface area (Å²) in [5, 5.41) is 12.3. The molecule has 2 aliphatic heterocycles. The largest absolute Gasteiger partial charge is 0.493 e. The Bertz CT molecular complexity index is 1470. The number of oxime groups is 1. The maximum absolute atomic E-state index is 14.6. The lowest BCUT2D eigenvalue weighted by Crippen LogP contribution is -2.59. The Hall–Kier alpha value is -4.16. The maximum Gasteiger partial charge on any atom is 0.408 e. The van der Waals surface area contributed by atoms with Crippen molar-refractivity contribution >= 4 is 35.3 Å². The number of hydrogen-bond acceptors (Lipinski definition) is 9. The van der Waals surface area contributed by atoms with Gasteiger partial charge >= 0.3 is 6.09 Å². The van der Waals surface area contributed by atoms with Crippen molar-refractivity contribution < 1.29 is 38.3 Å². The molecule has 3 rings (SSSR count). The fourth-order valence-corrected chi connectivity index (χ4v) is 7.01. The highest BCUT2D eigenvalue weighted by Gasteiger charge is 2.56. The number of Topliss-reactive ketones (excluding diaryl/α,β-unsaturated/α-hetero) is 1. The molecular weight excluding hydrogens is 654 g/mol. The van der Waals surface area contributed by atoms with E-state index in [2.05, 4.69) is 21.1 Å². The summed E-state index contributed by atoms with van der Waals surface area (Å²) in [7, 11) is 1.35. The van der Waals surface area contributed by atoms with Crippen LogP contribution in [0.25, 0.3) is 0 Å². The lowest BCUT2D eigenvalue weighted by Gasteiger charge is -2.36. The number of alkyl carbamates (subject to hydrolysis) is 1. The highest BCUT2D eigenvalue weighted by molar-refractivity contribution is 6.38. The van der Waals surface area contributed by atoms with Gasteiger partial charge in [0.1, 0.15) is 23.9 Å². The van der Waals surface area contributed by atoms with Crippen molar-refractivity contribution in [1.82, 2.24) is 20.9 Å². The van der Waals surface area contributed by atoms with Crippen molar-refractivity contribution in [2.45, 2.75) is 132 Å². The predicted molar refractivity (Wildman–Crippen MR) is 194 cm³/mol. The van der Waals surface area contributed by atoms with E-state index < -0.39 is 58.7 Å². The minimum absolute atomic E-state index is 0.00231. The van der Waals surface area contributed by atoms with Crippen molar-refractivity contribution in [3.63, 3.8) is 0 Å². The first-order chi connectivity index (χ1) is 23.8. The number of rotatable bonds is 14. The van der Waals surface area contributed by atoms with E-state index in [1.165, 1.54) is 11.9 Å². The molecule has 4 amide bonds. The van der Waals surface area contributed by atoms with Crippen molar-refractivity contribution in [3.05, 3.63) is 28.8 Å². The first-order valence-electron chi connectivity index (χ1n) is 18.1. The van der Waals surface area contributed by atoms with Crippen molar-refractivity contribution in [1.29, 1.82) is 0 Å². The molecule has 2 heterocycles. The highest BCUT2D eigenvalue weighted by atomic mass is 16.7. The maximum atomic E-state index is 14.6. The molecule has 13 heteroatoms. The molecule has 0 saturated carbocycles. The molecule has 1 spiro atoms. The monoisotopic (exact) mass is 713 g/mol. The minimum atomic E-state index is -1.09. The minimum Gasteiger partial charge on any atom is -0.493 e. The second-order valence-corrected chi connectivity index (χ2v) is 15.6. The molecule has 0 unspecified atom stereocenters. The van der Waals surface area contributed by atoms with Crippen LogP contribution >= 0.6 is 0 Å². The Labute approximate surface area is 303 Å². The number of aryl methyl sites for hydroxylation is 2. The summed E-state index contributed by atoms with van der Waals surface area (Å²) in [6.07, 6.45) is 0.0355. The van der Waals surface area contributed by atoms with Gasteiger partial charge in [0.2, 0.25) is 17.6 Å². The van der Waals surface area contributed by atoms with Crippen LogP contribution in [0.4, 0.5) is 4.79 Å². The van der Waals surface area contributed by atoms with Gasteiger partial charge in [-0.3, -0.25) is 19.2 Å². The molecule has 0 aliphatic carbocycles. The average molecular weight is 714 g/mol. The summed E-state index contributed by atoms with van der Waals surface area (Å²) < 4.78 is 11.6. The third-order valence-corrected chi connectivity index (χ3v) is 9.50. The Kier molecular flexibility index (Phi) is 13.7. The van der Waals surface area contributed by atoms with Crippen LogP contribution in [0, 0.1) is 31.1 Å². The Morgan fingerprint density at radius 1 is 1.02 bits per heavy atom. The summed E-state index contributed by atoms with van der Waals surface area (Å²) in [4.78, 5) is 74.8. The molecule has 284 valence electrons. The lowest BCUT2D eigenvalue weighted by atomic mass is 9.85. The van der Waals surface area contributed by atoms with Gasteiger partial charge in [-0.2, -0.15) is 0 Å². The third kappa shape index (κ3) is 9.79. The number of nitrogens with one attached hydrogen (secondary N) is 3. The number of carbonyl (C=O) groups is 5. The molecular formula is C38H59N5O8. The third-order valence-electron chi connectivity index (χ3n) is 9.50. The van der Waals surface area contributed by atoms with Gasteiger partial charge in [-0.25, -0.2) is 4.79 Å². The van der Waals surface area contributed by atoms with Gasteiger partial charge in [0.05, 0.1) is 24.9 Å². The van der Waals surface area contributed by atoms with Crippen molar-refractivity contribution in [3.8, 4) is 5.75 Å². The molecule has 3 N–H and O–H groups in total. The summed E-state index contributed by atoms with van der Waals surface area (Å²) in [5.74, 6) is -1.78. The smallest absolute Gasteiger partial charge is 0.408 e. The van der Waals surface area contributed by atoms with Crippen LogP contribution in [0.2, 0.25) is 0 Å². The zero-order chi connectivity index (χ0) is 38.4. The van der Waals surface area contributed by atoms with Crippen LogP contribution in [0.15, 0.2) is 17.3 Å². The molecule has 1 aromatic carbocycles. The fraction of sp³-hybridized carbons (Fsp3) is 0.684. The SMILES string of the molecule is CCC[C@H](NC(=O)[C@@H]1C[C@]2(CC(c3cc(C)c(OCC)c(C)c3)=NO2)CN1C(=O)[C@@H](NC(=O)OC(C(C)C)C(C)C)C(C)(C)C)C(=O)C(=O)NC.